The third-order valence-corrected chi connectivity index (χ3v) is 8.33. The van der Waals surface area contributed by atoms with Crippen molar-refractivity contribution in [3.63, 3.8) is 0 Å². The molecule has 1 heterocycles. The van der Waals surface area contributed by atoms with E-state index in [4.69, 9.17) is 4.12 Å². The Kier molecular flexibility index (Phi) is 12.2. The average Bonchev–Trinajstić information content (AvgIpc) is 2.37. The van der Waals surface area contributed by atoms with E-state index in [-0.39, 0.29) is 30.5 Å². The van der Waals surface area contributed by atoms with Gasteiger partial charge in [0, 0.05) is 26.2 Å². The Bertz CT molecular complexity index is 299. The van der Waals surface area contributed by atoms with Crippen molar-refractivity contribution in [3.8, 4) is 0 Å². The van der Waals surface area contributed by atoms with Gasteiger partial charge in [-0.25, -0.2) is 0 Å². The molecule has 1 fully saturated rings. The van der Waals surface area contributed by atoms with Crippen molar-refractivity contribution in [2.24, 2.45) is 0 Å². The highest BCUT2D eigenvalue weighted by Crippen LogP contribution is 2.06. The fourth-order valence-electron chi connectivity index (χ4n) is 2.14. The zero-order chi connectivity index (χ0) is 14.3. The molecule has 1 aliphatic rings. The second-order valence-electron chi connectivity index (χ2n) is 6.04. The Morgan fingerprint density at radius 3 is 2.29 bits per heavy atom. The van der Waals surface area contributed by atoms with Gasteiger partial charge >= 0.3 is 0 Å². The molecule has 0 N–H and O–H groups in total. The molecule has 1 rings (SSSR count). The lowest BCUT2D eigenvalue weighted by Crippen LogP contribution is -2.48. The Labute approximate surface area is 135 Å². The lowest BCUT2D eigenvalue weighted by Gasteiger charge is -2.34. The first-order chi connectivity index (χ1) is 8.92. The van der Waals surface area contributed by atoms with Crippen LogP contribution in [0.4, 0.5) is 0 Å². The van der Waals surface area contributed by atoms with Crippen molar-refractivity contribution in [2.45, 2.75) is 47.0 Å². The topological polar surface area (TPSA) is 32.8 Å². The lowest BCUT2D eigenvalue weighted by atomic mass is 10.3. The van der Waals surface area contributed by atoms with Crippen molar-refractivity contribution in [1.29, 1.82) is 0 Å². The molecule has 0 radical (unpaired) electrons. The average molecular weight is 333 g/mol. The Hall–Kier alpha value is -0.436. The van der Waals surface area contributed by atoms with E-state index in [1.165, 1.54) is 18.5 Å². The Balaban J connectivity index is 0. The summed E-state index contributed by atoms with van der Waals surface area (Å²) < 4.78 is 5.98. The summed E-state index contributed by atoms with van der Waals surface area (Å²) in [6.45, 7) is 15.1. The third kappa shape index (κ3) is 10.0. The summed E-state index contributed by atoms with van der Waals surface area (Å²) in [4.78, 5) is 15.8. The van der Waals surface area contributed by atoms with Gasteiger partial charge in [0.1, 0.15) is 9.76 Å². The largest absolute Gasteiger partial charge is 0.461 e. The minimum absolute atomic E-state index is 0. The summed E-state index contributed by atoms with van der Waals surface area (Å²) in [5.41, 5.74) is 0. The number of hydrogen-bond donors (Lipinski definition) is 0. The molecule has 1 amide bonds. The summed E-state index contributed by atoms with van der Waals surface area (Å²) in [5.74, 6) is 0.0654. The Morgan fingerprint density at radius 2 is 1.81 bits per heavy atom. The number of piperazine rings is 1. The van der Waals surface area contributed by atoms with Gasteiger partial charge in [-0.1, -0.05) is 21.4 Å². The zero-order valence-electron chi connectivity index (χ0n) is 12.7. The fourth-order valence-corrected chi connectivity index (χ4v) is 5.59. The van der Waals surface area contributed by atoms with Crippen molar-refractivity contribution >= 4 is 24.0 Å². The van der Waals surface area contributed by atoms with Gasteiger partial charge < -0.3 is 9.02 Å². The van der Waals surface area contributed by atoms with Gasteiger partial charge in [-0.05, 0) is 44.7 Å². The van der Waals surface area contributed by atoms with E-state index in [2.05, 4.69) is 31.1 Å². The van der Waals surface area contributed by atoms with E-state index in [1.807, 2.05) is 4.90 Å². The number of rotatable bonds is 7. The highest BCUT2D eigenvalue weighted by molar-refractivity contribution is 6.73. The third-order valence-electron chi connectivity index (χ3n) is 3.26. The van der Waals surface area contributed by atoms with Crippen LogP contribution in [0, 0.1) is 0 Å². The summed E-state index contributed by atoms with van der Waals surface area (Å²) in [5, 5.41) is 0. The quantitative estimate of drug-likeness (QED) is 0.407. The molecule has 0 bridgehead atoms. The van der Waals surface area contributed by atoms with E-state index in [1.54, 1.807) is 0 Å². The van der Waals surface area contributed by atoms with Gasteiger partial charge in [-0.15, -0.1) is 0 Å². The van der Waals surface area contributed by atoms with Crippen LogP contribution in [0.1, 0.15) is 21.3 Å². The smallest absolute Gasteiger partial charge is 0.246 e. The van der Waals surface area contributed by atoms with Gasteiger partial charge in [0.2, 0.25) is 5.91 Å². The van der Waals surface area contributed by atoms with Crippen LogP contribution in [0.15, 0.2) is 12.7 Å². The number of carbonyl (C=O) groups excluding carboxylic acids is 1. The van der Waals surface area contributed by atoms with Crippen molar-refractivity contribution in [3.05, 3.63) is 12.7 Å². The molecule has 126 valence electrons. The van der Waals surface area contributed by atoms with Crippen LogP contribution >= 0.6 is 0 Å². The minimum atomic E-state index is -1.28. The molecular formula is C15H36N2O2Si2. The molecule has 0 aromatic heterocycles. The molecule has 21 heavy (non-hydrogen) atoms. The first kappa shape index (κ1) is 22.8. The number of nitrogens with zero attached hydrogens (tertiary/aromatic N) is 2. The molecule has 0 aliphatic carbocycles. The molecule has 0 aromatic carbocycles. The molecule has 6 heteroatoms. The summed E-state index contributed by atoms with van der Waals surface area (Å²) in [7, 11) is -1.59. The monoisotopic (exact) mass is 332 g/mol. The standard InChI is InChI=1S/C13H28N2O2Si2.2CH4/c1-5-13(16)15-10-8-14(9-11-15)7-6-12-18-17-19(2,3)4;;/h5H,1,6-12,18H2,2-4H3;2*1H4. The van der Waals surface area contributed by atoms with E-state index < -0.39 is 8.32 Å². The molecular weight excluding hydrogens is 296 g/mol. The van der Waals surface area contributed by atoms with Crippen LogP contribution in [-0.4, -0.2) is 66.5 Å². The molecule has 4 nitrogen and oxygen atoms in total. The maximum atomic E-state index is 11.4. The second kappa shape index (κ2) is 11.2. The SMILES string of the molecule is C.C.C=CC(=O)N1CCN(CCC[SiH2]O[Si](C)(C)C)CC1. The van der Waals surface area contributed by atoms with Crippen molar-refractivity contribution in [2.75, 3.05) is 32.7 Å². The zero-order valence-corrected chi connectivity index (χ0v) is 15.1. The predicted molar refractivity (Wildman–Crippen MR) is 99.1 cm³/mol. The molecule has 1 aliphatic heterocycles. The van der Waals surface area contributed by atoms with Gasteiger partial charge in [0.15, 0.2) is 8.32 Å². The van der Waals surface area contributed by atoms with E-state index in [0.717, 1.165) is 32.7 Å². The highest BCUT2D eigenvalue weighted by atomic mass is 28.4. The highest BCUT2D eigenvalue weighted by Gasteiger charge is 2.19. The fraction of sp³-hybridized carbons (Fsp3) is 0.800. The van der Waals surface area contributed by atoms with Crippen LogP contribution in [0.3, 0.4) is 0 Å². The van der Waals surface area contributed by atoms with E-state index >= 15 is 0 Å². The molecule has 0 unspecified atom stereocenters. The summed E-state index contributed by atoms with van der Waals surface area (Å²) in [6, 6.07) is 1.27. The predicted octanol–water partition coefficient (Wildman–Crippen LogP) is 2.33. The summed E-state index contributed by atoms with van der Waals surface area (Å²) in [6.07, 6.45) is 2.65. The molecule has 0 saturated carbocycles. The first-order valence-electron chi connectivity index (χ1n) is 7.20. The van der Waals surface area contributed by atoms with Crippen LogP contribution in [0.5, 0.6) is 0 Å². The maximum Gasteiger partial charge on any atom is 0.246 e. The van der Waals surface area contributed by atoms with Gasteiger partial charge in [0.25, 0.3) is 0 Å². The molecule has 0 aromatic rings. The number of hydrogen-bond acceptors (Lipinski definition) is 3. The van der Waals surface area contributed by atoms with E-state index in [0.29, 0.717) is 0 Å². The second-order valence-corrected chi connectivity index (χ2v) is 12.5. The van der Waals surface area contributed by atoms with Crippen LogP contribution in [0.25, 0.3) is 0 Å². The van der Waals surface area contributed by atoms with Crippen LogP contribution < -0.4 is 0 Å². The van der Waals surface area contributed by atoms with E-state index in [9.17, 15) is 4.79 Å². The number of amides is 1. The Morgan fingerprint density at radius 1 is 1.24 bits per heavy atom. The number of carbonyl (C=O) groups is 1. The van der Waals surface area contributed by atoms with Crippen molar-refractivity contribution in [1.82, 2.24) is 9.80 Å². The molecule has 0 atom stereocenters. The molecule has 0 spiro atoms. The summed E-state index contributed by atoms with van der Waals surface area (Å²) >= 11 is 0. The van der Waals surface area contributed by atoms with Crippen LogP contribution in [0.2, 0.25) is 25.7 Å². The van der Waals surface area contributed by atoms with Crippen molar-refractivity contribution < 1.29 is 8.91 Å². The van der Waals surface area contributed by atoms with Crippen LogP contribution in [-0.2, 0) is 8.91 Å². The normalized spacial score (nSPS) is 16.4. The minimum Gasteiger partial charge on any atom is -0.461 e. The van der Waals surface area contributed by atoms with Gasteiger partial charge in [-0.2, -0.15) is 0 Å². The molecule has 1 saturated heterocycles. The van der Waals surface area contributed by atoms with Gasteiger partial charge in [0.05, 0.1) is 0 Å². The maximum absolute atomic E-state index is 11.4. The van der Waals surface area contributed by atoms with Gasteiger partial charge in [-0.3, -0.25) is 9.69 Å². The lowest BCUT2D eigenvalue weighted by molar-refractivity contribution is -0.127. The first-order valence-corrected chi connectivity index (χ1v) is 12.2.